The van der Waals surface area contributed by atoms with E-state index in [1.807, 2.05) is 0 Å². The molecule has 4 atom stereocenters. The van der Waals surface area contributed by atoms with Crippen molar-refractivity contribution in [2.45, 2.75) is 38.8 Å². The number of nitrogens with one attached hydrogen (secondary N) is 1. The summed E-state index contributed by atoms with van der Waals surface area (Å²) in [6, 6.07) is 3.15. The first kappa shape index (κ1) is 24.0. The van der Waals surface area contributed by atoms with Crippen molar-refractivity contribution in [1.82, 2.24) is 19.5 Å². The van der Waals surface area contributed by atoms with E-state index in [4.69, 9.17) is 11.5 Å². The fraction of sp³-hybridized carbons (Fsp3) is 0.440. The summed E-state index contributed by atoms with van der Waals surface area (Å²) < 4.78 is 15.6. The Morgan fingerprint density at radius 3 is 2.61 bits per heavy atom. The Hall–Kier alpha value is -3.73. The predicted octanol–water partition coefficient (Wildman–Crippen LogP) is 1.88. The van der Waals surface area contributed by atoms with Crippen LogP contribution in [0.1, 0.15) is 37.6 Å². The van der Waals surface area contributed by atoms with Crippen molar-refractivity contribution >= 4 is 28.8 Å². The van der Waals surface area contributed by atoms with Crippen LogP contribution in [0.15, 0.2) is 30.7 Å². The number of hydrogen-bond acceptors (Lipinski definition) is 7. The minimum Gasteiger partial charge on any atom is -0.381 e. The lowest BCUT2D eigenvalue weighted by molar-refractivity contribution is -0.147. The van der Waals surface area contributed by atoms with E-state index in [0.29, 0.717) is 35.4 Å². The van der Waals surface area contributed by atoms with E-state index in [0.717, 1.165) is 6.42 Å². The molecule has 36 heavy (non-hydrogen) atoms. The maximum Gasteiger partial charge on any atom is 0.253 e. The molecule has 3 aromatic heterocycles. The number of carbonyl (C=O) groups is 2. The number of carbonyl (C=O) groups excluding carboxylic acids is 2. The van der Waals surface area contributed by atoms with E-state index in [-0.39, 0.29) is 41.1 Å². The van der Waals surface area contributed by atoms with Crippen molar-refractivity contribution < 1.29 is 19.1 Å². The molecule has 1 saturated carbocycles. The second-order valence-electron chi connectivity index (χ2n) is 10.5. The number of amides is 2. The Labute approximate surface area is 207 Å². The summed E-state index contributed by atoms with van der Waals surface area (Å²) in [6.07, 6.45) is 5.43. The summed E-state index contributed by atoms with van der Waals surface area (Å²) in [6.45, 7) is 6.34. The highest BCUT2D eigenvalue weighted by Gasteiger charge is 2.48. The van der Waals surface area contributed by atoms with E-state index >= 15 is 0 Å². The summed E-state index contributed by atoms with van der Waals surface area (Å²) in [7, 11) is 0. The third-order valence-electron chi connectivity index (χ3n) is 7.60. The number of pyridine rings is 1. The third-order valence-corrected chi connectivity index (χ3v) is 7.60. The maximum absolute atomic E-state index is 14.0. The van der Waals surface area contributed by atoms with Gasteiger partial charge in [0.2, 0.25) is 0 Å². The molecule has 0 radical (unpaired) electrons. The van der Waals surface area contributed by atoms with E-state index < -0.39 is 17.3 Å². The summed E-state index contributed by atoms with van der Waals surface area (Å²) >= 11 is 0. The molecule has 0 unspecified atom stereocenters. The molecular formula is C25H30FN7O3. The van der Waals surface area contributed by atoms with E-state index in [9.17, 15) is 19.1 Å². The largest absolute Gasteiger partial charge is 0.381 e. The van der Waals surface area contributed by atoms with Crippen LogP contribution < -0.4 is 16.8 Å². The summed E-state index contributed by atoms with van der Waals surface area (Å²) in [4.78, 5) is 30.5. The number of aliphatic hydroxyl groups is 1. The van der Waals surface area contributed by atoms with Crippen molar-refractivity contribution in [3.8, 4) is 11.1 Å². The van der Waals surface area contributed by atoms with Gasteiger partial charge in [0.1, 0.15) is 5.60 Å². The molecule has 2 aliphatic rings. The van der Waals surface area contributed by atoms with Gasteiger partial charge in [-0.25, -0.2) is 13.9 Å². The first-order valence-electron chi connectivity index (χ1n) is 11.9. The van der Waals surface area contributed by atoms with Crippen LogP contribution in [0, 0.1) is 23.6 Å². The van der Waals surface area contributed by atoms with Gasteiger partial charge in [-0.3, -0.25) is 9.59 Å². The fourth-order valence-electron chi connectivity index (χ4n) is 5.67. The Morgan fingerprint density at radius 1 is 1.22 bits per heavy atom. The van der Waals surface area contributed by atoms with Crippen molar-refractivity contribution in [1.29, 1.82) is 0 Å². The molecule has 1 saturated heterocycles. The van der Waals surface area contributed by atoms with Crippen LogP contribution in [0.2, 0.25) is 0 Å². The van der Waals surface area contributed by atoms with Crippen molar-refractivity contribution in [3.63, 3.8) is 0 Å². The van der Waals surface area contributed by atoms with Gasteiger partial charge in [-0.1, -0.05) is 6.92 Å². The molecule has 10 nitrogen and oxygen atoms in total. The average molecular weight is 496 g/mol. The average Bonchev–Trinajstić information content (AvgIpc) is 3.49. The first-order chi connectivity index (χ1) is 16.9. The normalized spacial score (nSPS) is 23.8. The topological polar surface area (TPSA) is 152 Å². The number of likely N-dealkylation sites (tertiary alicyclic amines) is 1. The van der Waals surface area contributed by atoms with Crippen LogP contribution in [0.25, 0.3) is 16.6 Å². The van der Waals surface area contributed by atoms with Gasteiger partial charge in [0.15, 0.2) is 11.6 Å². The van der Waals surface area contributed by atoms with Crippen LogP contribution in [0.3, 0.4) is 0 Å². The molecule has 4 heterocycles. The Bertz CT molecular complexity index is 1370. The number of aromatic nitrogens is 3. The molecule has 0 aromatic carbocycles. The zero-order valence-corrected chi connectivity index (χ0v) is 20.4. The van der Waals surface area contributed by atoms with Gasteiger partial charge in [-0.15, -0.1) is 0 Å². The van der Waals surface area contributed by atoms with E-state index in [1.54, 1.807) is 21.7 Å². The van der Waals surface area contributed by atoms with Crippen LogP contribution in [0.5, 0.6) is 0 Å². The lowest BCUT2D eigenvalue weighted by atomic mass is 9.93. The van der Waals surface area contributed by atoms with E-state index in [2.05, 4.69) is 22.3 Å². The second-order valence-corrected chi connectivity index (χ2v) is 10.5. The molecular weight excluding hydrogens is 465 g/mol. The number of rotatable bonds is 5. The van der Waals surface area contributed by atoms with Crippen molar-refractivity contribution in [2.24, 2.45) is 23.5 Å². The number of hydrogen-bond donors (Lipinski definition) is 4. The molecule has 0 bridgehead atoms. The first-order valence-corrected chi connectivity index (χ1v) is 11.9. The molecule has 2 amide bonds. The van der Waals surface area contributed by atoms with Gasteiger partial charge in [0.25, 0.3) is 11.8 Å². The van der Waals surface area contributed by atoms with Gasteiger partial charge in [0.05, 0.1) is 23.0 Å². The van der Waals surface area contributed by atoms with Gasteiger partial charge < -0.3 is 26.8 Å². The van der Waals surface area contributed by atoms with Crippen LogP contribution in [0.4, 0.5) is 15.9 Å². The molecule has 3 aromatic rings. The van der Waals surface area contributed by atoms with Gasteiger partial charge in [-0.05, 0) is 50.2 Å². The summed E-state index contributed by atoms with van der Waals surface area (Å²) in [5, 5.41) is 18.0. The van der Waals surface area contributed by atoms with Crippen LogP contribution in [-0.2, 0) is 4.79 Å². The molecule has 6 N–H and O–H groups in total. The SMILES string of the molecule is C[C@@H]1[C@H]2CN(C(=O)C(C)(C)O)C[C@H]2C[C@H]1Nc1c(C(N)=O)cnn2cc(-c3cnc(N)c(F)c3)cc12. The maximum atomic E-state index is 14.0. The van der Waals surface area contributed by atoms with Gasteiger partial charge in [0, 0.05) is 42.7 Å². The van der Waals surface area contributed by atoms with Crippen LogP contribution in [-0.4, -0.2) is 61.2 Å². The minimum absolute atomic E-state index is 0.0395. The fourth-order valence-corrected chi connectivity index (χ4v) is 5.67. The van der Waals surface area contributed by atoms with Gasteiger partial charge >= 0.3 is 0 Å². The van der Waals surface area contributed by atoms with E-state index in [1.165, 1.54) is 32.3 Å². The number of nitrogen functional groups attached to an aromatic ring is 1. The second kappa shape index (κ2) is 8.44. The lowest BCUT2D eigenvalue weighted by Crippen LogP contribution is -2.45. The monoisotopic (exact) mass is 495 g/mol. The zero-order valence-electron chi connectivity index (χ0n) is 20.4. The van der Waals surface area contributed by atoms with Crippen LogP contribution >= 0.6 is 0 Å². The molecule has 190 valence electrons. The van der Waals surface area contributed by atoms with Crippen molar-refractivity contribution in [2.75, 3.05) is 24.1 Å². The Balaban J connectivity index is 1.44. The van der Waals surface area contributed by atoms with Gasteiger partial charge in [-0.2, -0.15) is 5.10 Å². The highest BCUT2D eigenvalue weighted by atomic mass is 19.1. The molecule has 1 aliphatic carbocycles. The smallest absolute Gasteiger partial charge is 0.253 e. The minimum atomic E-state index is -1.39. The molecule has 11 heteroatoms. The predicted molar refractivity (Wildman–Crippen MR) is 132 cm³/mol. The number of nitrogens with two attached hydrogens (primary N) is 2. The summed E-state index contributed by atoms with van der Waals surface area (Å²) in [5.74, 6) is -0.899. The number of nitrogens with zero attached hydrogens (tertiary/aromatic N) is 4. The van der Waals surface area contributed by atoms with Crippen molar-refractivity contribution in [3.05, 3.63) is 42.1 Å². The highest BCUT2D eigenvalue weighted by molar-refractivity contribution is 6.02. The molecule has 2 fully saturated rings. The number of halogens is 1. The molecule has 0 spiro atoms. The highest BCUT2D eigenvalue weighted by Crippen LogP contribution is 2.44. The standard InChI is InChI=1S/C25H30FN7O3/c1-12-17-11-32(24(35)25(2,3)36)9-15(17)5-19(12)31-21-16(23(28)34)8-30-33-10-14(6-20(21)33)13-4-18(26)22(27)29-7-13/h4,6-8,10,12,15,17,19,31,36H,5,9,11H2,1-3H3,(H2,27,29)(H2,28,34)/t12-,15-,17-,19-/m1/s1. The Morgan fingerprint density at radius 2 is 1.97 bits per heavy atom. The zero-order chi connectivity index (χ0) is 25.9. The summed E-state index contributed by atoms with van der Waals surface area (Å²) in [5.41, 5.74) is 12.4. The number of fused-ring (bicyclic) bond motifs is 2. The third kappa shape index (κ3) is 4.02. The number of anilines is 2. The molecule has 1 aliphatic heterocycles. The lowest BCUT2D eigenvalue weighted by Gasteiger charge is -2.28. The Kier molecular flexibility index (Phi) is 5.62. The molecule has 5 rings (SSSR count). The quantitative estimate of drug-likeness (QED) is 0.422. The number of primary amides is 1.